The summed E-state index contributed by atoms with van der Waals surface area (Å²) in [5.41, 5.74) is 7.76. The lowest BCUT2D eigenvalue weighted by molar-refractivity contribution is -0.384. The van der Waals surface area contributed by atoms with Crippen molar-refractivity contribution in [2.75, 3.05) is 0 Å². The maximum absolute atomic E-state index is 12.6. The van der Waals surface area contributed by atoms with Crippen molar-refractivity contribution in [3.8, 4) is 51.0 Å². The van der Waals surface area contributed by atoms with E-state index in [-0.39, 0.29) is 10.6 Å². The number of aromatic nitrogens is 4. The predicted molar refractivity (Wildman–Crippen MR) is 210 cm³/mol. The summed E-state index contributed by atoms with van der Waals surface area (Å²) in [6.07, 6.45) is 0. The minimum absolute atomic E-state index is 0.00284. The molecule has 0 radical (unpaired) electrons. The standard InChI is InChI=1S/C45H27N5O3/c51-50(52)39-21-11-8-18-32(39)34-25-30(45-47-43(28-13-3-1-4-14-28)46-44(48-45)29-15-5-2-6-16-29)23-24-38(34)49-37-20-10-7-17-31(37)35-26-36-33-19-9-12-22-41(33)53-42(36)27-40(35)49/h1-27H. The van der Waals surface area contributed by atoms with Crippen LogP contribution in [-0.2, 0) is 0 Å². The summed E-state index contributed by atoms with van der Waals surface area (Å²) in [5.74, 6) is 1.52. The van der Waals surface area contributed by atoms with Gasteiger partial charge in [0, 0.05) is 55.9 Å². The Morgan fingerprint density at radius 3 is 1.79 bits per heavy atom. The molecule has 3 heterocycles. The zero-order valence-corrected chi connectivity index (χ0v) is 28.0. The van der Waals surface area contributed by atoms with Gasteiger partial charge in [-0.15, -0.1) is 0 Å². The van der Waals surface area contributed by atoms with Crippen LogP contribution in [0.4, 0.5) is 5.69 Å². The van der Waals surface area contributed by atoms with Crippen molar-refractivity contribution < 1.29 is 9.34 Å². The second kappa shape index (κ2) is 12.1. The number of furan rings is 1. The van der Waals surface area contributed by atoms with Crippen molar-refractivity contribution in [2.45, 2.75) is 0 Å². The molecule has 53 heavy (non-hydrogen) atoms. The molecule has 8 heteroatoms. The number of fused-ring (bicyclic) bond motifs is 6. The summed E-state index contributed by atoms with van der Waals surface area (Å²) >= 11 is 0. The molecule has 0 N–H and O–H groups in total. The van der Waals surface area contributed by atoms with Gasteiger partial charge in [0.05, 0.1) is 27.2 Å². The fourth-order valence-corrected chi connectivity index (χ4v) is 7.33. The highest BCUT2D eigenvalue weighted by Gasteiger charge is 2.23. The maximum Gasteiger partial charge on any atom is 0.277 e. The molecule has 0 spiro atoms. The third-order valence-electron chi connectivity index (χ3n) is 9.76. The van der Waals surface area contributed by atoms with E-state index in [2.05, 4.69) is 34.9 Å². The molecule has 0 aliphatic carbocycles. The average molecular weight is 686 g/mol. The van der Waals surface area contributed by atoms with E-state index in [0.29, 0.717) is 34.2 Å². The molecule has 0 amide bonds. The first-order valence-electron chi connectivity index (χ1n) is 17.2. The number of rotatable bonds is 6. The Kier molecular flexibility index (Phi) is 6.94. The minimum atomic E-state index is -0.334. The van der Waals surface area contributed by atoms with Gasteiger partial charge in [0.1, 0.15) is 11.2 Å². The van der Waals surface area contributed by atoms with Gasteiger partial charge in [-0.25, -0.2) is 15.0 Å². The van der Waals surface area contributed by atoms with Crippen LogP contribution >= 0.6 is 0 Å². The van der Waals surface area contributed by atoms with Crippen LogP contribution in [0.5, 0.6) is 0 Å². The molecule has 3 aromatic heterocycles. The monoisotopic (exact) mass is 685 g/mol. The summed E-state index contributed by atoms with van der Waals surface area (Å²) < 4.78 is 8.53. The van der Waals surface area contributed by atoms with Crippen molar-refractivity contribution in [1.29, 1.82) is 0 Å². The van der Waals surface area contributed by atoms with Gasteiger partial charge in [0.2, 0.25) is 0 Å². The van der Waals surface area contributed by atoms with E-state index in [1.807, 2.05) is 115 Å². The van der Waals surface area contributed by atoms with Gasteiger partial charge in [-0.2, -0.15) is 0 Å². The first-order chi connectivity index (χ1) is 26.1. The highest BCUT2D eigenvalue weighted by atomic mass is 16.6. The molecule has 0 saturated heterocycles. The van der Waals surface area contributed by atoms with Crippen molar-refractivity contribution >= 4 is 49.4 Å². The van der Waals surface area contributed by atoms with E-state index in [1.165, 1.54) is 0 Å². The zero-order chi connectivity index (χ0) is 35.5. The topological polar surface area (TPSA) is 99.9 Å². The third-order valence-corrected chi connectivity index (χ3v) is 9.76. The van der Waals surface area contributed by atoms with Crippen LogP contribution in [0.3, 0.4) is 0 Å². The number of nitro benzene ring substituents is 1. The quantitative estimate of drug-likeness (QED) is 0.128. The lowest BCUT2D eigenvalue weighted by Gasteiger charge is -2.16. The van der Waals surface area contributed by atoms with Crippen molar-refractivity contribution in [3.63, 3.8) is 0 Å². The Labute approximate surface area is 302 Å². The Morgan fingerprint density at radius 2 is 1.08 bits per heavy atom. The molecular formula is C45H27N5O3. The van der Waals surface area contributed by atoms with Crippen LogP contribution in [0.2, 0.25) is 0 Å². The highest BCUT2D eigenvalue weighted by Crippen LogP contribution is 2.42. The van der Waals surface area contributed by atoms with E-state index in [9.17, 15) is 10.1 Å². The van der Waals surface area contributed by atoms with Crippen LogP contribution in [0.1, 0.15) is 0 Å². The predicted octanol–water partition coefficient (Wildman–Crippen LogP) is 11.4. The lowest BCUT2D eigenvalue weighted by Crippen LogP contribution is -2.02. The van der Waals surface area contributed by atoms with Crippen molar-refractivity contribution in [2.24, 2.45) is 0 Å². The molecule has 0 fully saturated rings. The smallest absolute Gasteiger partial charge is 0.277 e. The summed E-state index contributed by atoms with van der Waals surface area (Å²) in [7, 11) is 0. The molecule has 0 aliphatic heterocycles. The highest BCUT2D eigenvalue weighted by molar-refractivity contribution is 6.17. The first-order valence-corrected chi connectivity index (χ1v) is 17.2. The lowest BCUT2D eigenvalue weighted by atomic mass is 9.98. The normalized spacial score (nSPS) is 11.5. The summed E-state index contributed by atoms with van der Waals surface area (Å²) in [6, 6.07) is 52.9. The summed E-state index contributed by atoms with van der Waals surface area (Å²) in [6.45, 7) is 0. The van der Waals surface area contributed by atoms with Crippen LogP contribution in [0.25, 0.3) is 94.7 Å². The molecule has 8 nitrogen and oxygen atoms in total. The molecule has 7 aromatic carbocycles. The fraction of sp³-hybridized carbons (Fsp3) is 0. The number of para-hydroxylation sites is 3. The second-order valence-corrected chi connectivity index (χ2v) is 12.9. The van der Waals surface area contributed by atoms with Gasteiger partial charge in [0.15, 0.2) is 17.5 Å². The molecule has 0 saturated carbocycles. The van der Waals surface area contributed by atoms with Gasteiger partial charge >= 0.3 is 0 Å². The molecule has 0 unspecified atom stereocenters. The molecule has 10 aromatic rings. The van der Waals surface area contributed by atoms with E-state index in [4.69, 9.17) is 19.4 Å². The van der Waals surface area contributed by atoms with E-state index >= 15 is 0 Å². The largest absolute Gasteiger partial charge is 0.456 e. The molecular weight excluding hydrogens is 659 g/mol. The van der Waals surface area contributed by atoms with Gasteiger partial charge in [-0.05, 0) is 42.5 Å². The van der Waals surface area contributed by atoms with Crippen LogP contribution in [-0.4, -0.2) is 24.4 Å². The van der Waals surface area contributed by atoms with Gasteiger partial charge < -0.3 is 8.98 Å². The van der Waals surface area contributed by atoms with Crippen LogP contribution in [0, 0.1) is 10.1 Å². The van der Waals surface area contributed by atoms with Crippen LogP contribution in [0.15, 0.2) is 168 Å². The summed E-state index contributed by atoms with van der Waals surface area (Å²) in [4.78, 5) is 27.0. The maximum atomic E-state index is 12.6. The number of nitrogens with zero attached hydrogens (tertiary/aromatic N) is 5. The number of hydrogen-bond donors (Lipinski definition) is 0. The average Bonchev–Trinajstić information content (AvgIpc) is 3.75. The molecule has 0 atom stereocenters. The third kappa shape index (κ3) is 5.04. The van der Waals surface area contributed by atoms with Gasteiger partial charge in [-0.3, -0.25) is 10.1 Å². The SMILES string of the molecule is O=[N+]([O-])c1ccccc1-c1cc(-c2nc(-c3ccccc3)nc(-c3ccccc3)n2)ccc1-n1c2ccccc2c2cc3c(cc21)oc1ccccc13. The van der Waals surface area contributed by atoms with E-state index in [1.54, 1.807) is 18.2 Å². The molecule has 250 valence electrons. The van der Waals surface area contributed by atoms with E-state index in [0.717, 1.165) is 60.6 Å². The Balaban J connectivity index is 1.27. The summed E-state index contributed by atoms with van der Waals surface area (Å²) in [5, 5.41) is 16.8. The number of hydrogen-bond acceptors (Lipinski definition) is 6. The molecule has 10 rings (SSSR count). The van der Waals surface area contributed by atoms with Crippen LogP contribution < -0.4 is 0 Å². The van der Waals surface area contributed by atoms with Gasteiger partial charge in [0.25, 0.3) is 5.69 Å². The van der Waals surface area contributed by atoms with Crippen molar-refractivity contribution in [3.05, 3.63) is 174 Å². The number of benzene rings is 7. The zero-order valence-electron chi connectivity index (χ0n) is 28.0. The fourth-order valence-electron chi connectivity index (χ4n) is 7.33. The second-order valence-electron chi connectivity index (χ2n) is 12.9. The molecule has 0 aliphatic rings. The Bertz CT molecular complexity index is 2980. The first kappa shape index (κ1) is 30.4. The Hall–Kier alpha value is -7.45. The van der Waals surface area contributed by atoms with E-state index < -0.39 is 0 Å². The van der Waals surface area contributed by atoms with Gasteiger partial charge in [-0.1, -0.05) is 109 Å². The number of nitro groups is 1. The minimum Gasteiger partial charge on any atom is -0.456 e. The van der Waals surface area contributed by atoms with Crippen molar-refractivity contribution in [1.82, 2.24) is 19.5 Å². The molecule has 0 bridgehead atoms. The Morgan fingerprint density at radius 1 is 0.472 bits per heavy atom.